The molecule has 0 radical (unpaired) electrons. The summed E-state index contributed by atoms with van der Waals surface area (Å²) in [5, 5.41) is 3.61. The number of hydrogen-bond donors (Lipinski definition) is 1. The van der Waals surface area contributed by atoms with Crippen LogP contribution in [0.1, 0.15) is 18.0 Å². The summed E-state index contributed by atoms with van der Waals surface area (Å²) in [5.74, 6) is -0.348. The van der Waals surface area contributed by atoms with E-state index >= 15 is 0 Å². The first-order valence-corrected chi connectivity index (χ1v) is 6.56. The van der Waals surface area contributed by atoms with Crippen LogP contribution < -0.4 is 5.32 Å². The quantitative estimate of drug-likeness (QED) is 0.908. The minimum absolute atomic E-state index is 0.272. The van der Waals surface area contributed by atoms with Gasteiger partial charge in [-0.3, -0.25) is 9.29 Å². The minimum Gasteiger partial charge on any atom is -0.314 e. The summed E-state index contributed by atoms with van der Waals surface area (Å²) in [5.41, 5.74) is 0.429. The molecule has 1 saturated heterocycles. The molecule has 0 saturated carbocycles. The molecule has 0 unspecified atom stereocenters. The molecule has 1 aromatic carbocycles. The molecular formula is C13H17ClF2N2. The van der Waals surface area contributed by atoms with E-state index in [1.165, 1.54) is 6.07 Å². The van der Waals surface area contributed by atoms with Gasteiger partial charge in [0.25, 0.3) is 0 Å². The van der Waals surface area contributed by atoms with Gasteiger partial charge < -0.3 is 5.32 Å². The summed E-state index contributed by atoms with van der Waals surface area (Å²) in [6.45, 7) is 2.79. The van der Waals surface area contributed by atoms with Crippen LogP contribution in [0, 0.1) is 5.82 Å². The molecule has 1 aliphatic heterocycles. The molecule has 100 valence electrons. The Kier molecular flexibility index (Phi) is 4.92. The Morgan fingerprint density at radius 2 is 2.06 bits per heavy atom. The largest absolute Gasteiger partial charge is 0.314 e. The molecule has 5 heteroatoms. The van der Waals surface area contributed by atoms with Crippen molar-refractivity contribution in [1.29, 1.82) is 0 Å². The van der Waals surface area contributed by atoms with E-state index in [1.54, 1.807) is 12.1 Å². The summed E-state index contributed by atoms with van der Waals surface area (Å²) in [6, 6.07) is 4.35. The molecule has 1 aromatic rings. The van der Waals surface area contributed by atoms with Gasteiger partial charge in [-0.1, -0.05) is 17.7 Å². The highest BCUT2D eigenvalue weighted by atomic mass is 35.5. The molecule has 0 bridgehead atoms. The van der Waals surface area contributed by atoms with Crippen molar-refractivity contribution in [3.05, 3.63) is 34.6 Å². The lowest BCUT2D eigenvalue weighted by molar-refractivity contribution is 0.154. The summed E-state index contributed by atoms with van der Waals surface area (Å²) >= 11 is 6.07. The van der Waals surface area contributed by atoms with Gasteiger partial charge in [-0.15, -0.1) is 0 Å². The molecule has 2 nitrogen and oxygen atoms in total. The predicted octanol–water partition coefficient (Wildman–Crippen LogP) is 2.79. The fourth-order valence-electron chi connectivity index (χ4n) is 2.44. The summed E-state index contributed by atoms with van der Waals surface area (Å²) in [4.78, 5) is 2.10. The van der Waals surface area contributed by atoms with Crippen molar-refractivity contribution in [2.75, 3.05) is 32.9 Å². The van der Waals surface area contributed by atoms with E-state index in [9.17, 15) is 8.78 Å². The first kappa shape index (κ1) is 13.7. The molecule has 18 heavy (non-hydrogen) atoms. The lowest BCUT2D eigenvalue weighted by Crippen LogP contribution is -2.45. The van der Waals surface area contributed by atoms with Crippen LogP contribution in [0.25, 0.3) is 0 Å². The number of alkyl halides is 1. The highest BCUT2D eigenvalue weighted by Gasteiger charge is 2.26. The van der Waals surface area contributed by atoms with E-state index in [0.717, 1.165) is 26.2 Å². The Balaban J connectivity index is 2.28. The number of nitrogens with one attached hydrogen (secondary N) is 1. The van der Waals surface area contributed by atoms with E-state index in [4.69, 9.17) is 11.6 Å². The molecule has 1 N–H and O–H groups in total. The first-order valence-electron chi connectivity index (χ1n) is 6.18. The smallest absolute Gasteiger partial charge is 0.129 e. The van der Waals surface area contributed by atoms with Gasteiger partial charge in [-0.2, -0.15) is 0 Å². The minimum atomic E-state index is -0.473. The zero-order valence-electron chi connectivity index (χ0n) is 10.1. The second-order valence-electron chi connectivity index (χ2n) is 4.41. The molecule has 0 spiro atoms. The summed E-state index contributed by atoms with van der Waals surface area (Å²) in [6.07, 6.45) is 0.278. The van der Waals surface area contributed by atoms with Crippen molar-refractivity contribution >= 4 is 11.6 Å². The van der Waals surface area contributed by atoms with Crippen LogP contribution in [0.3, 0.4) is 0 Å². The van der Waals surface area contributed by atoms with Gasteiger partial charge >= 0.3 is 0 Å². The molecule has 2 rings (SSSR count). The highest BCUT2D eigenvalue weighted by Crippen LogP contribution is 2.32. The molecular weight excluding hydrogens is 258 g/mol. The number of halogens is 3. The molecule has 1 atom stereocenters. The van der Waals surface area contributed by atoms with Gasteiger partial charge in [0.05, 0.1) is 6.67 Å². The predicted molar refractivity (Wildman–Crippen MR) is 69.2 cm³/mol. The third-order valence-corrected chi connectivity index (χ3v) is 3.64. The van der Waals surface area contributed by atoms with Crippen LogP contribution in [0.4, 0.5) is 8.78 Å². The maximum absolute atomic E-state index is 13.9. The maximum Gasteiger partial charge on any atom is 0.129 e. The van der Waals surface area contributed by atoms with Crippen molar-refractivity contribution in [1.82, 2.24) is 10.2 Å². The van der Waals surface area contributed by atoms with Gasteiger partial charge in [0.2, 0.25) is 0 Å². The standard InChI is InChI=1S/C13H17ClF2N2/c14-10-2-1-3-11(16)13(10)12(4-5-15)18-8-6-17-7-9-18/h1-3,12,17H,4-9H2/t12-/m0/s1. The molecule has 1 heterocycles. The number of nitrogens with zero attached hydrogens (tertiary/aromatic N) is 1. The van der Waals surface area contributed by atoms with Crippen LogP contribution >= 0.6 is 11.6 Å². The Bertz CT molecular complexity index is 374. The molecule has 1 aliphatic rings. The van der Waals surface area contributed by atoms with Crippen molar-refractivity contribution < 1.29 is 8.78 Å². The van der Waals surface area contributed by atoms with E-state index in [-0.39, 0.29) is 18.3 Å². The van der Waals surface area contributed by atoms with Gasteiger partial charge in [-0.25, -0.2) is 4.39 Å². The second kappa shape index (κ2) is 6.45. The maximum atomic E-state index is 13.9. The molecule has 0 amide bonds. The monoisotopic (exact) mass is 274 g/mol. The van der Waals surface area contributed by atoms with Crippen LogP contribution in [0.5, 0.6) is 0 Å². The highest BCUT2D eigenvalue weighted by molar-refractivity contribution is 6.31. The molecule has 0 aromatic heterocycles. The van der Waals surface area contributed by atoms with E-state index < -0.39 is 6.67 Å². The number of hydrogen-bond acceptors (Lipinski definition) is 2. The zero-order chi connectivity index (χ0) is 13.0. The van der Waals surface area contributed by atoms with Crippen molar-refractivity contribution in [2.24, 2.45) is 0 Å². The second-order valence-corrected chi connectivity index (χ2v) is 4.82. The van der Waals surface area contributed by atoms with Gasteiger partial charge in [0, 0.05) is 42.8 Å². The topological polar surface area (TPSA) is 15.3 Å². The number of rotatable bonds is 4. The lowest BCUT2D eigenvalue weighted by Gasteiger charge is -2.35. The fraction of sp³-hybridized carbons (Fsp3) is 0.538. The van der Waals surface area contributed by atoms with Gasteiger partial charge in [0.1, 0.15) is 5.82 Å². The Morgan fingerprint density at radius 3 is 2.67 bits per heavy atom. The molecule has 0 aliphatic carbocycles. The summed E-state index contributed by atoms with van der Waals surface area (Å²) < 4.78 is 26.7. The van der Waals surface area contributed by atoms with Crippen LogP contribution in [-0.2, 0) is 0 Å². The van der Waals surface area contributed by atoms with Crippen LogP contribution in [-0.4, -0.2) is 37.8 Å². The number of benzene rings is 1. The number of piperazine rings is 1. The van der Waals surface area contributed by atoms with Crippen LogP contribution in [0.15, 0.2) is 18.2 Å². The van der Waals surface area contributed by atoms with E-state index in [2.05, 4.69) is 10.2 Å². The van der Waals surface area contributed by atoms with Crippen molar-refractivity contribution in [3.8, 4) is 0 Å². The Labute approximate surface area is 111 Å². The Morgan fingerprint density at radius 1 is 1.33 bits per heavy atom. The first-order chi connectivity index (χ1) is 8.74. The third-order valence-electron chi connectivity index (χ3n) is 3.31. The van der Waals surface area contributed by atoms with Crippen LogP contribution in [0.2, 0.25) is 5.02 Å². The summed E-state index contributed by atoms with van der Waals surface area (Å²) in [7, 11) is 0. The van der Waals surface area contributed by atoms with E-state index in [0.29, 0.717) is 10.6 Å². The normalized spacial score (nSPS) is 18.8. The fourth-order valence-corrected chi connectivity index (χ4v) is 2.72. The Hall–Kier alpha value is -0.710. The zero-order valence-corrected chi connectivity index (χ0v) is 10.9. The van der Waals surface area contributed by atoms with Crippen molar-refractivity contribution in [2.45, 2.75) is 12.5 Å². The average Bonchev–Trinajstić information content (AvgIpc) is 2.38. The molecule has 1 fully saturated rings. The SMILES string of the molecule is FCC[C@@H](c1c(F)cccc1Cl)N1CCNCC1. The average molecular weight is 275 g/mol. The lowest BCUT2D eigenvalue weighted by atomic mass is 10.0. The van der Waals surface area contributed by atoms with Gasteiger partial charge in [-0.05, 0) is 18.6 Å². The van der Waals surface area contributed by atoms with Gasteiger partial charge in [0.15, 0.2) is 0 Å². The van der Waals surface area contributed by atoms with Crippen molar-refractivity contribution in [3.63, 3.8) is 0 Å². The third kappa shape index (κ3) is 2.99. The van der Waals surface area contributed by atoms with E-state index in [1.807, 2.05) is 0 Å².